The fraction of sp³-hybridized carbons (Fsp3) is 0.103. The Morgan fingerprint density at radius 3 is 1.80 bits per heavy atom. The summed E-state index contributed by atoms with van der Waals surface area (Å²) in [5.41, 5.74) is 16.3. The van der Waals surface area contributed by atoms with Crippen LogP contribution in [0.5, 0.6) is 0 Å². The molecule has 10 aromatic rings. The lowest BCUT2D eigenvalue weighted by atomic mass is 9.80. The van der Waals surface area contributed by atoms with E-state index in [4.69, 9.17) is 4.42 Å². The standard InChI is InChI=1S/C58H45NO/c1-4-16-40(17-5-1)45-32-36-55(52(38-45)43-20-8-3-9-21-43)59(47-34-30-41(31-35-47)46-33-37-57-53(39-46)50-25-11-13-29-56(50)60-57)54-28-12-10-24-49(54)51-27-15-23-44-22-14-26-48(58(44)51)42-18-6-2-7-19-42/h1,3-5,8-17,20-39,42H,2,6-7,18-19H2. The molecular weight excluding hydrogens is 727 g/mol. The Bertz CT molecular complexity index is 3110. The molecule has 0 spiro atoms. The Morgan fingerprint density at radius 1 is 0.383 bits per heavy atom. The number of hydrogen-bond acceptors (Lipinski definition) is 2. The van der Waals surface area contributed by atoms with Gasteiger partial charge in [0.25, 0.3) is 0 Å². The second-order valence-electron chi connectivity index (χ2n) is 16.3. The van der Waals surface area contributed by atoms with E-state index >= 15 is 0 Å². The first-order chi connectivity index (χ1) is 29.8. The number of benzene rings is 9. The first-order valence-electron chi connectivity index (χ1n) is 21.4. The first kappa shape index (κ1) is 36.0. The van der Waals surface area contributed by atoms with Gasteiger partial charge in [-0.3, -0.25) is 0 Å². The van der Waals surface area contributed by atoms with Crippen molar-refractivity contribution < 1.29 is 4.42 Å². The lowest BCUT2D eigenvalue weighted by molar-refractivity contribution is 0.445. The van der Waals surface area contributed by atoms with E-state index in [2.05, 4.69) is 199 Å². The van der Waals surface area contributed by atoms with Gasteiger partial charge < -0.3 is 9.32 Å². The van der Waals surface area contributed by atoms with E-state index in [1.165, 1.54) is 81.8 Å². The van der Waals surface area contributed by atoms with Gasteiger partial charge in [-0.25, -0.2) is 0 Å². The minimum atomic E-state index is 0.578. The highest BCUT2D eigenvalue weighted by atomic mass is 16.3. The number of furan rings is 1. The van der Waals surface area contributed by atoms with Crippen LogP contribution in [0.2, 0.25) is 0 Å². The average Bonchev–Trinajstić information content (AvgIpc) is 3.71. The van der Waals surface area contributed by atoms with Crippen molar-refractivity contribution >= 4 is 49.8 Å². The number of nitrogens with zero attached hydrogens (tertiary/aromatic N) is 1. The predicted molar refractivity (Wildman–Crippen MR) is 253 cm³/mol. The molecule has 0 N–H and O–H groups in total. The molecule has 0 aliphatic heterocycles. The van der Waals surface area contributed by atoms with E-state index in [-0.39, 0.29) is 0 Å². The molecule has 1 fully saturated rings. The largest absolute Gasteiger partial charge is 0.456 e. The van der Waals surface area contributed by atoms with E-state index in [1.807, 2.05) is 12.1 Å². The van der Waals surface area contributed by atoms with Gasteiger partial charge in [0.15, 0.2) is 0 Å². The molecule has 1 aliphatic rings. The fourth-order valence-corrected chi connectivity index (χ4v) is 9.75. The lowest BCUT2D eigenvalue weighted by Gasteiger charge is -2.31. The van der Waals surface area contributed by atoms with E-state index in [0.29, 0.717) is 5.92 Å². The third kappa shape index (κ3) is 6.55. The molecule has 0 bridgehead atoms. The topological polar surface area (TPSA) is 16.4 Å². The van der Waals surface area contributed by atoms with Crippen LogP contribution in [0.25, 0.3) is 77.2 Å². The van der Waals surface area contributed by atoms with Gasteiger partial charge in [0.05, 0.1) is 11.4 Å². The van der Waals surface area contributed by atoms with Crippen LogP contribution in [-0.2, 0) is 0 Å². The first-order valence-corrected chi connectivity index (χ1v) is 21.4. The molecule has 1 aliphatic carbocycles. The van der Waals surface area contributed by atoms with Crippen molar-refractivity contribution in [1.29, 1.82) is 0 Å². The SMILES string of the molecule is c1ccc(-c2ccc(N(c3ccc(-c4ccc5oc6ccccc6c5c4)cc3)c3ccccc3-c3cccc4cccc(C5CCCCC5)c34)c(-c3ccccc3)c2)cc1. The normalized spacial score (nSPS) is 13.3. The van der Waals surface area contributed by atoms with E-state index < -0.39 is 0 Å². The second kappa shape index (κ2) is 15.5. The van der Waals surface area contributed by atoms with Gasteiger partial charge in [-0.05, 0) is 117 Å². The monoisotopic (exact) mass is 771 g/mol. The maximum atomic E-state index is 6.19. The summed E-state index contributed by atoms with van der Waals surface area (Å²) in [4.78, 5) is 2.49. The van der Waals surface area contributed by atoms with Crippen LogP contribution in [0.4, 0.5) is 17.1 Å². The highest BCUT2D eigenvalue weighted by Gasteiger charge is 2.24. The molecule has 0 unspecified atom stereocenters. The third-order valence-electron chi connectivity index (χ3n) is 12.7. The zero-order valence-electron chi connectivity index (χ0n) is 33.6. The Balaban J connectivity index is 1.12. The Hall–Kier alpha value is -7.16. The second-order valence-corrected chi connectivity index (χ2v) is 16.3. The molecule has 0 radical (unpaired) electrons. The van der Waals surface area contributed by atoms with E-state index in [9.17, 15) is 0 Å². The quantitative estimate of drug-likeness (QED) is 0.153. The minimum Gasteiger partial charge on any atom is -0.456 e. The van der Waals surface area contributed by atoms with Crippen molar-refractivity contribution in [2.24, 2.45) is 0 Å². The summed E-state index contributed by atoms with van der Waals surface area (Å²) in [6.07, 6.45) is 6.46. The van der Waals surface area contributed by atoms with Gasteiger partial charge in [0.1, 0.15) is 11.2 Å². The summed E-state index contributed by atoms with van der Waals surface area (Å²) >= 11 is 0. The number of anilines is 3. The summed E-state index contributed by atoms with van der Waals surface area (Å²) in [5, 5.41) is 4.97. The Labute approximate surface area is 352 Å². The van der Waals surface area contributed by atoms with Gasteiger partial charge in [0.2, 0.25) is 0 Å². The minimum absolute atomic E-state index is 0.578. The number of rotatable bonds is 8. The van der Waals surface area contributed by atoms with Crippen molar-refractivity contribution in [3.05, 3.63) is 212 Å². The van der Waals surface area contributed by atoms with Gasteiger partial charge in [-0.1, -0.05) is 177 Å². The molecule has 2 heteroatoms. The van der Waals surface area contributed by atoms with Crippen LogP contribution in [0.1, 0.15) is 43.6 Å². The van der Waals surface area contributed by atoms with Crippen molar-refractivity contribution in [1.82, 2.24) is 0 Å². The molecule has 0 amide bonds. The molecule has 11 rings (SSSR count). The molecule has 9 aromatic carbocycles. The van der Waals surface area contributed by atoms with Crippen molar-refractivity contribution in [2.75, 3.05) is 4.90 Å². The van der Waals surface area contributed by atoms with Gasteiger partial charge in [-0.15, -0.1) is 0 Å². The maximum Gasteiger partial charge on any atom is 0.135 e. The molecule has 0 atom stereocenters. The number of hydrogen-bond donors (Lipinski definition) is 0. The molecule has 60 heavy (non-hydrogen) atoms. The summed E-state index contributed by atoms with van der Waals surface area (Å²) in [7, 11) is 0. The molecule has 288 valence electrons. The Kier molecular flexibility index (Phi) is 9.32. The lowest BCUT2D eigenvalue weighted by Crippen LogP contribution is -2.13. The molecule has 1 aromatic heterocycles. The van der Waals surface area contributed by atoms with Gasteiger partial charge in [0, 0.05) is 27.6 Å². The summed E-state index contributed by atoms with van der Waals surface area (Å²) < 4.78 is 6.19. The van der Waals surface area contributed by atoms with E-state index in [0.717, 1.165) is 50.1 Å². The third-order valence-corrected chi connectivity index (χ3v) is 12.7. The molecule has 0 saturated heterocycles. The number of fused-ring (bicyclic) bond motifs is 4. The van der Waals surface area contributed by atoms with Gasteiger partial charge in [-0.2, -0.15) is 0 Å². The van der Waals surface area contributed by atoms with Crippen LogP contribution < -0.4 is 4.90 Å². The summed E-state index contributed by atoms with van der Waals surface area (Å²) in [5.74, 6) is 0.578. The molecule has 1 saturated carbocycles. The highest BCUT2D eigenvalue weighted by molar-refractivity contribution is 6.07. The smallest absolute Gasteiger partial charge is 0.135 e. The maximum absolute atomic E-state index is 6.19. The Morgan fingerprint density at radius 2 is 0.983 bits per heavy atom. The predicted octanol–water partition coefficient (Wildman–Crippen LogP) is 16.9. The zero-order valence-corrected chi connectivity index (χ0v) is 33.6. The van der Waals surface area contributed by atoms with Crippen molar-refractivity contribution in [2.45, 2.75) is 38.0 Å². The van der Waals surface area contributed by atoms with Crippen LogP contribution in [0.3, 0.4) is 0 Å². The fourth-order valence-electron chi connectivity index (χ4n) is 9.75. The average molecular weight is 772 g/mol. The zero-order chi connectivity index (χ0) is 39.8. The van der Waals surface area contributed by atoms with E-state index in [1.54, 1.807) is 0 Å². The van der Waals surface area contributed by atoms with Crippen LogP contribution >= 0.6 is 0 Å². The van der Waals surface area contributed by atoms with Crippen LogP contribution in [0, 0.1) is 0 Å². The molecule has 1 heterocycles. The summed E-state index contributed by atoms with van der Waals surface area (Å²) in [6.45, 7) is 0. The number of para-hydroxylation sites is 2. The molecule has 2 nitrogen and oxygen atoms in total. The summed E-state index contributed by atoms with van der Waals surface area (Å²) in [6, 6.07) is 75.4. The van der Waals surface area contributed by atoms with Gasteiger partial charge >= 0.3 is 0 Å². The molecular formula is C58H45NO. The van der Waals surface area contributed by atoms with Crippen LogP contribution in [0.15, 0.2) is 211 Å². The van der Waals surface area contributed by atoms with Crippen molar-refractivity contribution in [3.8, 4) is 44.5 Å². The van der Waals surface area contributed by atoms with Crippen LogP contribution in [-0.4, -0.2) is 0 Å². The highest BCUT2D eigenvalue weighted by Crippen LogP contribution is 2.48. The van der Waals surface area contributed by atoms with Crippen molar-refractivity contribution in [3.63, 3.8) is 0 Å².